The average Bonchev–Trinajstić information content (AvgIpc) is 2.28. The Balaban J connectivity index is 3.43. The molecule has 8 heteroatoms. The minimum atomic E-state index is -3.79. The normalized spacial score (nSPS) is 14.4. The van der Waals surface area contributed by atoms with Gasteiger partial charge in [-0.05, 0) is 25.5 Å². The Bertz CT molecular complexity index is 625. The molecular weight excluding hydrogens is 298 g/mol. The number of alkyl halides is 1. The van der Waals surface area contributed by atoms with Gasteiger partial charge in [0.25, 0.3) is 0 Å². The summed E-state index contributed by atoms with van der Waals surface area (Å²) in [5, 5.41) is -1.17. The second-order valence-electron chi connectivity index (χ2n) is 3.91. The number of nitrogens with zero attached hydrogens (tertiary/aromatic N) is 1. The standard InChI is InChI=1S/C10H14ClNO4S2/c1-8(5-6-11)18(15,16)10-9(17(2,13)14)4-3-7-12-10/h3-4,7-8H,5-6H2,1-2H3. The zero-order chi connectivity index (χ0) is 14.0. The Hall–Kier alpha value is -0.660. The van der Waals surface area contributed by atoms with Crippen molar-refractivity contribution in [3.05, 3.63) is 18.3 Å². The molecule has 0 aliphatic carbocycles. The summed E-state index contributed by atoms with van der Waals surface area (Å²) in [7, 11) is -7.43. The lowest BCUT2D eigenvalue weighted by atomic mass is 10.4. The van der Waals surface area contributed by atoms with Gasteiger partial charge in [-0.15, -0.1) is 11.6 Å². The summed E-state index contributed by atoms with van der Waals surface area (Å²) in [5.41, 5.74) is 0. The van der Waals surface area contributed by atoms with Crippen LogP contribution < -0.4 is 0 Å². The highest BCUT2D eigenvalue weighted by Crippen LogP contribution is 2.23. The summed E-state index contributed by atoms with van der Waals surface area (Å²) in [6, 6.07) is 2.63. The van der Waals surface area contributed by atoms with Crippen LogP contribution in [0.2, 0.25) is 0 Å². The zero-order valence-electron chi connectivity index (χ0n) is 10.00. The molecule has 0 bridgehead atoms. The van der Waals surface area contributed by atoms with E-state index in [1.165, 1.54) is 25.3 Å². The molecule has 0 aromatic carbocycles. The molecule has 0 aliphatic heterocycles. The highest BCUT2D eigenvalue weighted by Gasteiger charge is 2.29. The van der Waals surface area contributed by atoms with Crippen molar-refractivity contribution >= 4 is 31.3 Å². The Kier molecular flexibility index (Phi) is 4.74. The van der Waals surface area contributed by atoms with Gasteiger partial charge in [0.05, 0.1) is 5.25 Å². The Morgan fingerprint density at radius 3 is 2.44 bits per heavy atom. The molecule has 0 amide bonds. The van der Waals surface area contributed by atoms with Crippen LogP contribution in [-0.2, 0) is 19.7 Å². The first-order valence-electron chi connectivity index (χ1n) is 5.16. The molecule has 1 unspecified atom stereocenters. The van der Waals surface area contributed by atoms with Crippen molar-refractivity contribution in [1.82, 2.24) is 4.98 Å². The van der Waals surface area contributed by atoms with E-state index in [1.807, 2.05) is 0 Å². The van der Waals surface area contributed by atoms with Crippen LogP contribution in [0.25, 0.3) is 0 Å². The van der Waals surface area contributed by atoms with Gasteiger partial charge in [0.15, 0.2) is 24.7 Å². The van der Waals surface area contributed by atoms with E-state index in [0.717, 1.165) is 6.26 Å². The number of pyridine rings is 1. The average molecular weight is 312 g/mol. The summed E-state index contributed by atoms with van der Waals surface area (Å²) in [4.78, 5) is 3.44. The molecule has 0 fully saturated rings. The largest absolute Gasteiger partial charge is 0.243 e. The van der Waals surface area contributed by atoms with E-state index >= 15 is 0 Å². The van der Waals surface area contributed by atoms with Crippen molar-refractivity contribution in [3.63, 3.8) is 0 Å². The molecule has 0 N–H and O–H groups in total. The van der Waals surface area contributed by atoms with Gasteiger partial charge in [0.2, 0.25) is 0 Å². The van der Waals surface area contributed by atoms with Gasteiger partial charge in [-0.1, -0.05) is 0 Å². The summed E-state index contributed by atoms with van der Waals surface area (Å²) in [5.74, 6) is 0.182. The van der Waals surface area contributed by atoms with E-state index in [1.54, 1.807) is 0 Å². The van der Waals surface area contributed by atoms with Crippen LogP contribution in [-0.4, -0.2) is 39.2 Å². The molecule has 1 heterocycles. The van der Waals surface area contributed by atoms with Gasteiger partial charge in [0.1, 0.15) is 4.90 Å². The van der Waals surface area contributed by atoms with Crippen LogP contribution in [0.15, 0.2) is 28.3 Å². The second kappa shape index (κ2) is 5.54. The summed E-state index contributed by atoms with van der Waals surface area (Å²) in [6.45, 7) is 1.48. The number of hydrogen-bond donors (Lipinski definition) is 0. The number of hydrogen-bond acceptors (Lipinski definition) is 5. The first-order chi connectivity index (χ1) is 8.21. The molecule has 0 aliphatic rings. The number of halogens is 1. The number of sulfone groups is 2. The molecular formula is C10H14ClNO4S2. The smallest absolute Gasteiger partial charge is 0.199 e. The van der Waals surface area contributed by atoms with Gasteiger partial charge in [0, 0.05) is 18.3 Å². The SMILES string of the molecule is CC(CCCl)S(=O)(=O)c1ncccc1S(C)(=O)=O. The van der Waals surface area contributed by atoms with Crippen LogP contribution in [0.4, 0.5) is 0 Å². The van der Waals surface area contributed by atoms with Crippen LogP contribution in [0.3, 0.4) is 0 Å². The lowest BCUT2D eigenvalue weighted by Gasteiger charge is -2.13. The van der Waals surface area contributed by atoms with E-state index in [2.05, 4.69) is 4.98 Å². The lowest BCUT2D eigenvalue weighted by molar-refractivity contribution is 0.568. The second-order valence-corrected chi connectivity index (χ2v) is 8.56. The lowest BCUT2D eigenvalue weighted by Crippen LogP contribution is -2.22. The Labute approximate surface area is 112 Å². The molecule has 0 saturated carbocycles. The van der Waals surface area contributed by atoms with Crippen LogP contribution >= 0.6 is 11.6 Å². The van der Waals surface area contributed by atoms with Gasteiger partial charge in [-0.25, -0.2) is 21.8 Å². The van der Waals surface area contributed by atoms with E-state index in [0.29, 0.717) is 0 Å². The summed E-state index contributed by atoms with van der Waals surface area (Å²) >= 11 is 5.52. The molecule has 0 saturated heterocycles. The predicted molar refractivity (Wildman–Crippen MR) is 69.3 cm³/mol. The Morgan fingerprint density at radius 1 is 1.33 bits per heavy atom. The van der Waals surface area contributed by atoms with E-state index in [-0.39, 0.29) is 17.2 Å². The minimum Gasteiger partial charge on any atom is -0.243 e. The molecule has 0 spiro atoms. The molecule has 0 radical (unpaired) electrons. The fourth-order valence-corrected chi connectivity index (χ4v) is 4.69. The first-order valence-corrected chi connectivity index (χ1v) is 9.13. The van der Waals surface area contributed by atoms with Crippen molar-refractivity contribution in [2.45, 2.75) is 28.5 Å². The first kappa shape index (κ1) is 15.4. The zero-order valence-corrected chi connectivity index (χ0v) is 12.4. The fourth-order valence-electron chi connectivity index (χ4n) is 1.37. The maximum atomic E-state index is 12.2. The molecule has 1 atom stereocenters. The molecule has 5 nitrogen and oxygen atoms in total. The van der Waals surface area contributed by atoms with Crippen molar-refractivity contribution in [1.29, 1.82) is 0 Å². The topological polar surface area (TPSA) is 81.2 Å². The summed E-state index contributed by atoms with van der Waals surface area (Å²) in [6.07, 6.45) is 2.45. The van der Waals surface area contributed by atoms with Gasteiger partial charge in [-0.2, -0.15) is 0 Å². The quantitative estimate of drug-likeness (QED) is 0.765. The molecule has 18 heavy (non-hydrogen) atoms. The van der Waals surface area contributed by atoms with Crippen molar-refractivity contribution in [2.24, 2.45) is 0 Å². The maximum absolute atomic E-state index is 12.2. The van der Waals surface area contributed by atoms with Crippen LogP contribution in [0.5, 0.6) is 0 Å². The van der Waals surface area contributed by atoms with E-state index < -0.39 is 30.0 Å². The van der Waals surface area contributed by atoms with Gasteiger partial charge in [-0.3, -0.25) is 0 Å². The highest BCUT2D eigenvalue weighted by molar-refractivity contribution is 7.94. The van der Waals surface area contributed by atoms with Crippen molar-refractivity contribution in [2.75, 3.05) is 12.1 Å². The molecule has 102 valence electrons. The van der Waals surface area contributed by atoms with Crippen molar-refractivity contribution < 1.29 is 16.8 Å². The van der Waals surface area contributed by atoms with E-state index in [9.17, 15) is 16.8 Å². The number of aromatic nitrogens is 1. The summed E-state index contributed by atoms with van der Waals surface area (Å²) < 4.78 is 47.5. The molecule has 1 rings (SSSR count). The predicted octanol–water partition coefficient (Wildman–Crippen LogP) is 1.28. The van der Waals surface area contributed by atoms with Crippen LogP contribution in [0, 0.1) is 0 Å². The number of rotatable bonds is 5. The third kappa shape index (κ3) is 3.21. The maximum Gasteiger partial charge on any atom is 0.199 e. The molecule has 1 aromatic rings. The highest BCUT2D eigenvalue weighted by atomic mass is 35.5. The molecule has 1 aromatic heterocycles. The van der Waals surface area contributed by atoms with E-state index in [4.69, 9.17) is 11.6 Å². The minimum absolute atomic E-state index is 0.182. The third-order valence-corrected chi connectivity index (χ3v) is 6.09. The van der Waals surface area contributed by atoms with Gasteiger partial charge >= 0.3 is 0 Å². The van der Waals surface area contributed by atoms with Gasteiger partial charge < -0.3 is 0 Å². The fraction of sp³-hybridized carbons (Fsp3) is 0.500. The third-order valence-electron chi connectivity index (χ3n) is 2.45. The van der Waals surface area contributed by atoms with Crippen LogP contribution in [0.1, 0.15) is 13.3 Å². The Morgan fingerprint density at radius 2 is 1.94 bits per heavy atom. The monoisotopic (exact) mass is 311 g/mol. The van der Waals surface area contributed by atoms with Crippen molar-refractivity contribution in [3.8, 4) is 0 Å².